The molecule has 1 saturated carbocycles. The van der Waals surface area contributed by atoms with Crippen molar-refractivity contribution in [3.8, 4) is 11.4 Å². The Balaban J connectivity index is 1.26. The number of anilines is 1. The summed E-state index contributed by atoms with van der Waals surface area (Å²) in [5, 5.41) is 15.5. The number of nitrogens with zero attached hydrogens (tertiary/aromatic N) is 4. The lowest BCUT2D eigenvalue weighted by atomic mass is 9.90. The number of carboxylic acids is 1. The first kappa shape index (κ1) is 25.2. The van der Waals surface area contributed by atoms with E-state index >= 15 is 0 Å². The van der Waals surface area contributed by atoms with E-state index in [1.54, 1.807) is 18.3 Å². The van der Waals surface area contributed by atoms with Gasteiger partial charge in [-0.05, 0) is 55.9 Å². The normalized spacial score (nSPS) is 17.3. The van der Waals surface area contributed by atoms with Gasteiger partial charge >= 0.3 is 5.97 Å². The van der Waals surface area contributed by atoms with Crippen molar-refractivity contribution >= 4 is 28.7 Å². The van der Waals surface area contributed by atoms with E-state index in [0.717, 1.165) is 37.2 Å². The molecular formula is C26H25F2N7O3. The van der Waals surface area contributed by atoms with Crippen molar-refractivity contribution in [2.45, 2.75) is 50.6 Å². The van der Waals surface area contributed by atoms with Crippen LogP contribution in [0.4, 0.5) is 14.6 Å². The first-order valence-corrected chi connectivity index (χ1v) is 12.3. The molecule has 0 spiro atoms. The SMILES string of the molecule is O=C(O)CCc1ccnc(C(=O)N[C@H]2CCC[C@@H](Nc3nc(-c4c[nH]c5ncc(F)cc45)ncc3F)C2)c1. The monoisotopic (exact) mass is 521 g/mol. The van der Waals surface area contributed by atoms with Gasteiger partial charge in [0.05, 0.1) is 12.4 Å². The van der Waals surface area contributed by atoms with Crippen molar-refractivity contribution in [3.63, 3.8) is 0 Å². The van der Waals surface area contributed by atoms with E-state index in [1.807, 2.05) is 0 Å². The van der Waals surface area contributed by atoms with Crippen LogP contribution in [0.3, 0.4) is 0 Å². The predicted molar refractivity (Wildman–Crippen MR) is 134 cm³/mol. The zero-order chi connectivity index (χ0) is 26.6. The van der Waals surface area contributed by atoms with Gasteiger partial charge in [0.1, 0.15) is 17.2 Å². The molecule has 4 heterocycles. The van der Waals surface area contributed by atoms with Gasteiger partial charge in [0.25, 0.3) is 5.91 Å². The first-order valence-electron chi connectivity index (χ1n) is 12.3. The molecule has 4 N–H and O–H groups in total. The number of carboxylic acid groups (broad SMARTS) is 1. The van der Waals surface area contributed by atoms with Crippen LogP contribution in [0.15, 0.2) is 43.0 Å². The molecule has 0 radical (unpaired) electrons. The summed E-state index contributed by atoms with van der Waals surface area (Å²) in [6, 6.07) is 4.29. The standard InChI is InChI=1S/C26H25F2N7O3/c27-15-9-18-19(12-31-23(18)30-11-15)24-32-13-20(28)25(35-24)33-16-2-1-3-17(10-16)34-26(38)21-8-14(6-7-29-21)4-5-22(36)37/h6-9,11-13,16-17H,1-5,10H2,(H,30,31)(H,34,38)(H,36,37)(H,32,33,35)/t16-,17+/m1/s1. The minimum atomic E-state index is -0.909. The smallest absolute Gasteiger partial charge is 0.303 e. The second-order valence-corrected chi connectivity index (χ2v) is 9.26. The Labute approximate surface area is 216 Å². The number of aryl methyl sites for hydroxylation is 1. The van der Waals surface area contributed by atoms with Crippen LogP contribution in [0.2, 0.25) is 0 Å². The number of amides is 1. The summed E-state index contributed by atoms with van der Waals surface area (Å²) in [5.41, 5.74) is 1.91. The van der Waals surface area contributed by atoms with Crippen molar-refractivity contribution in [2.24, 2.45) is 0 Å². The highest BCUT2D eigenvalue weighted by Gasteiger charge is 2.25. The number of aromatic nitrogens is 5. The zero-order valence-corrected chi connectivity index (χ0v) is 20.2. The van der Waals surface area contributed by atoms with Crippen LogP contribution in [0.1, 0.15) is 48.2 Å². The molecule has 0 aliphatic heterocycles. The van der Waals surface area contributed by atoms with E-state index in [1.165, 1.54) is 12.3 Å². The fourth-order valence-corrected chi connectivity index (χ4v) is 4.67. The fourth-order valence-electron chi connectivity index (χ4n) is 4.67. The first-order chi connectivity index (χ1) is 18.4. The van der Waals surface area contributed by atoms with Gasteiger partial charge in [-0.25, -0.2) is 23.7 Å². The van der Waals surface area contributed by atoms with Crippen molar-refractivity contribution in [1.29, 1.82) is 0 Å². The average molecular weight is 522 g/mol. The summed E-state index contributed by atoms with van der Waals surface area (Å²) >= 11 is 0. The van der Waals surface area contributed by atoms with Crippen molar-refractivity contribution in [2.75, 3.05) is 5.32 Å². The van der Waals surface area contributed by atoms with Gasteiger partial charge in [-0.3, -0.25) is 14.6 Å². The minimum absolute atomic E-state index is 0.0264. The van der Waals surface area contributed by atoms with Gasteiger partial charge in [-0.15, -0.1) is 0 Å². The quantitative estimate of drug-likeness (QED) is 0.273. The number of rotatable bonds is 8. The number of carbonyl (C=O) groups excluding carboxylic acids is 1. The summed E-state index contributed by atoms with van der Waals surface area (Å²) in [5.74, 6) is -2.13. The Morgan fingerprint density at radius 1 is 1.11 bits per heavy atom. The molecule has 10 nitrogen and oxygen atoms in total. The predicted octanol–water partition coefficient (Wildman–Crippen LogP) is 3.86. The lowest BCUT2D eigenvalue weighted by Gasteiger charge is -2.30. The molecule has 4 aromatic rings. The summed E-state index contributed by atoms with van der Waals surface area (Å²) in [6.45, 7) is 0. The lowest BCUT2D eigenvalue weighted by molar-refractivity contribution is -0.136. The Hall–Kier alpha value is -4.48. The summed E-state index contributed by atoms with van der Waals surface area (Å²) < 4.78 is 28.4. The maximum atomic E-state index is 14.6. The number of pyridine rings is 2. The van der Waals surface area contributed by atoms with E-state index in [9.17, 15) is 18.4 Å². The molecule has 196 valence electrons. The zero-order valence-electron chi connectivity index (χ0n) is 20.2. The molecular weight excluding hydrogens is 496 g/mol. The molecule has 1 fully saturated rings. The molecule has 0 bridgehead atoms. The van der Waals surface area contributed by atoms with Crippen LogP contribution < -0.4 is 10.6 Å². The second-order valence-electron chi connectivity index (χ2n) is 9.26. The molecule has 0 saturated heterocycles. The van der Waals surface area contributed by atoms with E-state index in [0.29, 0.717) is 29.4 Å². The Morgan fingerprint density at radius 3 is 2.79 bits per heavy atom. The highest BCUT2D eigenvalue weighted by molar-refractivity contribution is 5.93. The highest BCUT2D eigenvalue weighted by Crippen LogP contribution is 2.28. The maximum absolute atomic E-state index is 14.6. The van der Waals surface area contributed by atoms with E-state index in [-0.39, 0.29) is 41.7 Å². The molecule has 4 aromatic heterocycles. The number of hydrogen-bond acceptors (Lipinski definition) is 7. The lowest BCUT2D eigenvalue weighted by Crippen LogP contribution is -2.42. The van der Waals surface area contributed by atoms with Crippen LogP contribution in [0, 0.1) is 11.6 Å². The van der Waals surface area contributed by atoms with Crippen LogP contribution in [-0.4, -0.2) is 54.0 Å². The second kappa shape index (κ2) is 10.9. The largest absolute Gasteiger partial charge is 0.481 e. The van der Waals surface area contributed by atoms with Gasteiger partial charge in [-0.1, -0.05) is 0 Å². The van der Waals surface area contributed by atoms with Crippen molar-refractivity contribution in [1.82, 2.24) is 30.2 Å². The molecule has 38 heavy (non-hydrogen) atoms. The molecule has 1 aliphatic carbocycles. The number of hydrogen-bond donors (Lipinski definition) is 4. The number of carbonyl (C=O) groups is 2. The van der Waals surface area contributed by atoms with Crippen molar-refractivity contribution < 1.29 is 23.5 Å². The number of H-pyrrole nitrogens is 1. The van der Waals surface area contributed by atoms with Gasteiger partial charge in [0, 0.05) is 41.8 Å². The third-order valence-electron chi connectivity index (χ3n) is 6.52. The highest BCUT2D eigenvalue weighted by atomic mass is 19.1. The molecule has 12 heteroatoms. The molecule has 5 rings (SSSR count). The Bertz CT molecular complexity index is 1490. The number of aliphatic carboxylic acids is 1. The minimum Gasteiger partial charge on any atom is -0.481 e. The van der Waals surface area contributed by atoms with Gasteiger partial charge < -0.3 is 20.7 Å². The molecule has 1 amide bonds. The number of fused-ring (bicyclic) bond motifs is 1. The van der Waals surface area contributed by atoms with Gasteiger partial charge in [0.2, 0.25) is 0 Å². The molecule has 2 atom stereocenters. The van der Waals surface area contributed by atoms with E-state index in [2.05, 4.69) is 35.6 Å². The Kier molecular flexibility index (Phi) is 7.20. The average Bonchev–Trinajstić information content (AvgIpc) is 3.32. The maximum Gasteiger partial charge on any atom is 0.303 e. The third-order valence-corrected chi connectivity index (χ3v) is 6.52. The third kappa shape index (κ3) is 5.74. The number of nitrogens with one attached hydrogen (secondary N) is 3. The summed E-state index contributed by atoms with van der Waals surface area (Å²) in [7, 11) is 0. The van der Waals surface area contributed by atoms with Gasteiger partial charge in [-0.2, -0.15) is 0 Å². The van der Waals surface area contributed by atoms with E-state index < -0.39 is 17.6 Å². The van der Waals surface area contributed by atoms with Crippen LogP contribution >= 0.6 is 0 Å². The van der Waals surface area contributed by atoms with Crippen LogP contribution in [0.5, 0.6) is 0 Å². The number of halogens is 2. The van der Waals surface area contributed by atoms with Crippen LogP contribution in [-0.2, 0) is 11.2 Å². The molecule has 1 aliphatic rings. The fraction of sp³-hybridized carbons (Fsp3) is 0.308. The topological polar surface area (TPSA) is 146 Å². The number of aromatic amines is 1. The summed E-state index contributed by atoms with van der Waals surface area (Å²) in [4.78, 5) is 43.1. The van der Waals surface area contributed by atoms with E-state index in [4.69, 9.17) is 5.11 Å². The molecule has 0 aromatic carbocycles. The summed E-state index contributed by atoms with van der Waals surface area (Å²) in [6.07, 6.45) is 8.42. The van der Waals surface area contributed by atoms with Crippen LogP contribution in [0.25, 0.3) is 22.4 Å². The Morgan fingerprint density at radius 2 is 1.95 bits per heavy atom. The van der Waals surface area contributed by atoms with Gasteiger partial charge in [0.15, 0.2) is 17.5 Å². The van der Waals surface area contributed by atoms with Crippen molar-refractivity contribution in [3.05, 3.63) is 65.9 Å². The molecule has 0 unspecified atom stereocenters.